The molecule has 2 aromatic carbocycles. The number of hydrogen-bond donors (Lipinski definition) is 3. The molecule has 0 aromatic heterocycles. The quantitative estimate of drug-likeness (QED) is 0.425. The molecule has 0 aliphatic heterocycles. The van der Waals surface area contributed by atoms with Crippen LogP contribution in [0.1, 0.15) is 48.4 Å². The van der Waals surface area contributed by atoms with Crippen LogP contribution in [-0.4, -0.2) is 42.3 Å². The van der Waals surface area contributed by atoms with Gasteiger partial charge in [-0.25, -0.2) is 0 Å². The van der Waals surface area contributed by atoms with Crippen LogP contribution in [0.5, 0.6) is 5.75 Å². The zero-order chi connectivity index (χ0) is 22.9. The highest BCUT2D eigenvalue weighted by atomic mass is 32.1. The number of nitrogens with one attached hydrogen (secondary N) is 3. The van der Waals surface area contributed by atoms with Gasteiger partial charge >= 0.3 is 0 Å². The number of amides is 2. The van der Waals surface area contributed by atoms with Gasteiger partial charge in [0.2, 0.25) is 0 Å². The van der Waals surface area contributed by atoms with Gasteiger partial charge in [-0.1, -0.05) is 18.2 Å². The summed E-state index contributed by atoms with van der Waals surface area (Å²) in [6.07, 6.45) is 0. The zero-order valence-corrected chi connectivity index (χ0v) is 19.1. The molecule has 0 unspecified atom stereocenters. The molecule has 0 spiro atoms. The second-order valence-corrected chi connectivity index (χ2v) is 8.14. The van der Waals surface area contributed by atoms with Gasteiger partial charge < -0.3 is 20.1 Å². The van der Waals surface area contributed by atoms with Gasteiger partial charge in [-0.15, -0.1) is 0 Å². The lowest BCUT2D eigenvalue weighted by atomic mass is 10.1. The van der Waals surface area contributed by atoms with Gasteiger partial charge in [0, 0.05) is 23.4 Å². The Labute approximate surface area is 188 Å². The molecule has 0 fully saturated rings. The zero-order valence-electron chi connectivity index (χ0n) is 18.3. The van der Waals surface area contributed by atoms with E-state index in [0.717, 1.165) is 0 Å². The summed E-state index contributed by atoms with van der Waals surface area (Å²) in [5.41, 5.74) is 1.10. The predicted octanol–water partition coefficient (Wildman–Crippen LogP) is 3.76. The Morgan fingerprint density at radius 2 is 1.74 bits per heavy atom. The van der Waals surface area contributed by atoms with Crippen molar-refractivity contribution in [2.75, 3.05) is 25.1 Å². The maximum absolute atomic E-state index is 12.7. The molecule has 31 heavy (non-hydrogen) atoms. The highest BCUT2D eigenvalue weighted by Gasteiger charge is 2.16. The summed E-state index contributed by atoms with van der Waals surface area (Å²) in [4.78, 5) is 25.0. The summed E-state index contributed by atoms with van der Waals surface area (Å²) in [5, 5.41) is 8.60. The van der Waals surface area contributed by atoms with Crippen LogP contribution in [0.4, 0.5) is 5.69 Å². The van der Waals surface area contributed by atoms with E-state index in [1.165, 1.54) is 0 Å². The second-order valence-electron chi connectivity index (χ2n) is 7.73. The highest BCUT2D eigenvalue weighted by Crippen LogP contribution is 2.18. The van der Waals surface area contributed by atoms with Gasteiger partial charge in [0.15, 0.2) is 5.11 Å². The van der Waals surface area contributed by atoms with E-state index in [9.17, 15) is 9.59 Å². The van der Waals surface area contributed by atoms with E-state index in [-0.39, 0.29) is 16.6 Å². The average molecular weight is 444 g/mol. The van der Waals surface area contributed by atoms with E-state index < -0.39 is 5.91 Å². The summed E-state index contributed by atoms with van der Waals surface area (Å²) >= 11 is 5.27. The minimum atomic E-state index is -0.397. The van der Waals surface area contributed by atoms with E-state index >= 15 is 0 Å². The number of rotatable bonds is 8. The van der Waals surface area contributed by atoms with E-state index in [1.54, 1.807) is 48.5 Å². The predicted molar refractivity (Wildman–Crippen MR) is 126 cm³/mol. The topological polar surface area (TPSA) is 88.7 Å². The molecular weight excluding hydrogens is 414 g/mol. The van der Waals surface area contributed by atoms with Gasteiger partial charge in [0.1, 0.15) is 12.4 Å². The Morgan fingerprint density at radius 1 is 1.00 bits per heavy atom. The maximum Gasteiger partial charge on any atom is 0.261 e. The molecule has 0 atom stereocenters. The molecule has 3 N–H and O–H groups in total. The Kier molecular flexibility index (Phi) is 8.96. The number of benzene rings is 2. The monoisotopic (exact) mass is 443 g/mol. The Balaban J connectivity index is 2.00. The number of anilines is 1. The van der Waals surface area contributed by atoms with Gasteiger partial charge in [-0.05, 0) is 70.2 Å². The molecule has 0 heterocycles. The smallest absolute Gasteiger partial charge is 0.261 e. The molecule has 0 bridgehead atoms. The lowest BCUT2D eigenvalue weighted by Gasteiger charge is -2.20. The molecule has 0 radical (unpaired) electrons. The van der Waals surface area contributed by atoms with Gasteiger partial charge in [0.25, 0.3) is 11.8 Å². The van der Waals surface area contributed by atoms with Crippen molar-refractivity contribution in [1.29, 1.82) is 0 Å². The van der Waals surface area contributed by atoms with Crippen LogP contribution >= 0.6 is 12.2 Å². The third-order valence-corrected chi connectivity index (χ3v) is 4.12. The highest BCUT2D eigenvalue weighted by molar-refractivity contribution is 7.80. The second kappa shape index (κ2) is 11.4. The number of thiocarbonyl (C=S) groups is 1. The lowest BCUT2D eigenvalue weighted by molar-refractivity contribution is 0.0917. The largest absolute Gasteiger partial charge is 0.490 e. The van der Waals surface area contributed by atoms with Crippen LogP contribution in [0.25, 0.3) is 0 Å². The van der Waals surface area contributed by atoms with E-state index in [4.69, 9.17) is 21.7 Å². The molecule has 7 nitrogen and oxygen atoms in total. The number of carbonyl (C=O) groups excluding carboxylic acids is 2. The van der Waals surface area contributed by atoms with Gasteiger partial charge in [-0.2, -0.15) is 0 Å². The maximum atomic E-state index is 12.7. The standard InChI is InChI=1S/C23H29N3O4S/c1-5-29-13-14-30-19-12-7-6-11-18(19)21(28)25-22(31)24-17-10-8-9-16(15-17)20(27)26-23(2,3)4/h6-12,15H,5,13-14H2,1-4H3,(H,26,27)(H2,24,25,28,31). The van der Waals surface area contributed by atoms with Crippen molar-refractivity contribution < 1.29 is 19.1 Å². The van der Waals surface area contributed by atoms with Crippen LogP contribution in [0, 0.1) is 0 Å². The first-order valence-electron chi connectivity index (χ1n) is 10.0. The average Bonchev–Trinajstić information content (AvgIpc) is 2.70. The van der Waals surface area contributed by atoms with Crippen LogP contribution in [0.15, 0.2) is 48.5 Å². The Morgan fingerprint density at radius 3 is 2.45 bits per heavy atom. The molecular formula is C23H29N3O4S. The first-order valence-corrected chi connectivity index (χ1v) is 10.4. The van der Waals surface area contributed by atoms with Crippen LogP contribution in [-0.2, 0) is 4.74 Å². The minimum absolute atomic E-state index is 0.113. The summed E-state index contributed by atoms with van der Waals surface area (Å²) in [6.45, 7) is 9.02. The Hall–Kier alpha value is -2.97. The first-order chi connectivity index (χ1) is 14.7. The van der Waals surface area contributed by atoms with Crippen LogP contribution < -0.4 is 20.7 Å². The fourth-order valence-electron chi connectivity index (χ4n) is 2.62. The number of para-hydroxylation sites is 1. The van der Waals surface area contributed by atoms with E-state index in [2.05, 4.69) is 16.0 Å². The summed E-state index contributed by atoms with van der Waals surface area (Å²) in [7, 11) is 0. The Bertz CT molecular complexity index is 925. The molecule has 0 aliphatic rings. The number of hydrogen-bond acceptors (Lipinski definition) is 5. The molecule has 0 saturated heterocycles. The van der Waals surface area contributed by atoms with Crippen molar-refractivity contribution in [2.45, 2.75) is 33.2 Å². The molecule has 0 saturated carbocycles. The number of ether oxygens (including phenoxy) is 2. The summed E-state index contributed by atoms with van der Waals surface area (Å²) in [5.74, 6) is -0.140. The normalized spacial score (nSPS) is 10.8. The van der Waals surface area contributed by atoms with Crippen molar-refractivity contribution in [2.24, 2.45) is 0 Å². The fraction of sp³-hybridized carbons (Fsp3) is 0.348. The van der Waals surface area contributed by atoms with Crippen molar-refractivity contribution in [3.8, 4) is 5.75 Å². The summed E-state index contributed by atoms with van der Waals surface area (Å²) < 4.78 is 10.9. The molecule has 2 rings (SSSR count). The van der Waals surface area contributed by atoms with E-state index in [1.807, 2.05) is 27.7 Å². The van der Waals surface area contributed by atoms with Gasteiger partial charge in [0.05, 0.1) is 12.2 Å². The molecule has 8 heteroatoms. The van der Waals surface area contributed by atoms with Crippen molar-refractivity contribution in [1.82, 2.24) is 10.6 Å². The molecule has 166 valence electrons. The van der Waals surface area contributed by atoms with E-state index in [0.29, 0.717) is 42.4 Å². The molecule has 0 aliphatic carbocycles. The summed E-state index contributed by atoms with van der Waals surface area (Å²) in [6, 6.07) is 13.8. The third-order valence-electron chi connectivity index (χ3n) is 3.92. The van der Waals surface area contributed by atoms with Crippen LogP contribution in [0.2, 0.25) is 0 Å². The third kappa shape index (κ3) is 8.35. The van der Waals surface area contributed by atoms with Crippen molar-refractivity contribution >= 4 is 34.8 Å². The SMILES string of the molecule is CCOCCOc1ccccc1C(=O)NC(=S)Nc1cccc(C(=O)NC(C)(C)C)c1. The molecule has 2 amide bonds. The first kappa shape index (κ1) is 24.3. The van der Waals surface area contributed by atoms with Crippen molar-refractivity contribution in [3.05, 3.63) is 59.7 Å². The number of carbonyl (C=O) groups is 2. The van der Waals surface area contributed by atoms with Gasteiger partial charge in [-0.3, -0.25) is 14.9 Å². The fourth-order valence-corrected chi connectivity index (χ4v) is 2.83. The van der Waals surface area contributed by atoms with Crippen LogP contribution in [0.3, 0.4) is 0 Å². The van der Waals surface area contributed by atoms with Crippen molar-refractivity contribution in [3.63, 3.8) is 0 Å². The lowest BCUT2D eigenvalue weighted by Crippen LogP contribution is -2.40. The molecule has 2 aromatic rings. The minimum Gasteiger partial charge on any atom is -0.490 e.